The Bertz CT molecular complexity index is 1080. The predicted molar refractivity (Wildman–Crippen MR) is 119 cm³/mol. The zero-order valence-electron chi connectivity index (χ0n) is 18.8. The summed E-state index contributed by atoms with van der Waals surface area (Å²) < 4.78 is 11.3. The smallest absolute Gasteiger partial charge is 0.331 e. The van der Waals surface area contributed by atoms with Crippen molar-refractivity contribution in [2.45, 2.75) is 46.4 Å². The Labute approximate surface area is 187 Å². The number of hydrogen-bond donors (Lipinski definition) is 1. The van der Waals surface area contributed by atoms with Crippen LogP contribution in [0.3, 0.4) is 0 Å². The monoisotopic (exact) mass is 436 g/mol. The molecule has 0 aliphatic carbocycles. The van der Waals surface area contributed by atoms with E-state index in [1.165, 1.54) is 0 Å². The van der Waals surface area contributed by atoms with Crippen molar-refractivity contribution in [2.24, 2.45) is 5.92 Å². The number of carbonyl (C=O) groups is 3. The number of nitrogens with one attached hydrogen (secondary N) is 1. The topological polar surface area (TPSA) is 84.9 Å². The number of ether oxygens (including phenoxy) is 2. The molecule has 0 spiro atoms. The molecule has 0 aromatic heterocycles. The number of benzene rings is 2. The van der Waals surface area contributed by atoms with Crippen LogP contribution in [0, 0.1) is 12.8 Å². The Morgan fingerprint density at radius 1 is 1.19 bits per heavy atom. The highest BCUT2D eigenvalue weighted by Gasteiger charge is 2.53. The summed E-state index contributed by atoms with van der Waals surface area (Å²) in [5.41, 5.74) is 3.89. The van der Waals surface area contributed by atoms with E-state index in [1.807, 2.05) is 58.0 Å². The third-order valence-corrected chi connectivity index (χ3v) is 5.89. The van der Waals surface area contributed by atoms with Gasteiger partial charge in [0.25, 0.3) is 11.8 Å². The van der Waals surface area contributed by atoms with Gasteiger partial charge in [-0.1, -0.05) is 39.0 Å². The molecule has 32 heavy (non-hydrogen) atoms. The number of esters is 1. The second-order valence-electron chi connectivity index (χ2n) is 8.58. The zero-order valence-corrected chi connectivity index (χ0v) is 18.8. The molecule has 7 heteroatoms. The highest BCUT2D eigenvalue weighted by molar-refractivity contribution is 6.04. The molecule has 2 amide bonds. The molecule has 4 rings (SSSR count). The van der Waals surface area contributed by atoms with E-state index < -0.39 is 12.3 Å². The molecule has 2 aromatic rings. The number of fused-ring (bicyclic) bond motifs is 3. The first-order chi connectivity index (χ1) is 15.3. The summed E-state index contributed by atoms with van der Waals surface area (Å²) in [5, 5.41) is 2.79. The summed E-state index contributed by atoms with van der Waals surface area (Å²) in [6.07, 6.45) is 0.168. The summed E-state index contributed by atoms with van der Waals surface area (Å²) in [6, 6.07) is 10.7. The van der Waals surface area contributed by atoms with Crippen molar-refractivity contribution < 1.29 is 23.9 Å². The van der Waals surface area contributed by atoms with Crippen LogP contribution >= 0.6 is 0 Å². The number of amides is 2. The van der Waals surface area contributed by atoms with E-state index >= 15 is 0 Å². The molecule has 7 nitrogen and oxygen atoms in total. The average molecular weight is 437 g/mol. The lowest BCUT2D eigenvalue weighted by atomic mass is 9.95. The van der Waals surface area contributed by atoms with Crippen LogP contribution in [0.25, 0.3) is 11.1 Å². The summed E-state index contributed by atoms with van der Waals surface area (Å²) in [4.78, 5) is 39.0. The highest BCUT2D eigenvalue weighted by atomic mass is 16.6. The van der Waals surface area contributed by atoms with Crippen molar-refractivity contribution in [2.75, 3.05) is 13.2 Å². The van der Waals surface area contributed by atoms with Gasteiger partial charge in [0, 0.05) is 17.7 Å². The van der Waals surface area contributed by atoms with Gasteiger partial charge in [0.15, 0.2) is 6.61 Å². The van der Waals surface area contributed by atoms with E-state index in [4.69, 9.17) is 9.47 Å². The number of hydrogen-bond acceptors (Lipinski definition) is 5. The van der Waals surface area contributed by atoms with Gasteiger partial charge in [-0.25, -0.2) is 4.79 Å². The summed E-state index contributed by atoms with van der Waals surface area (Å²) in [6.45, 7) is 8.31. The normalized spacial score (nSPS) is 19.1. The van der Waals surface area contributed by atoms with Gasteiger partial charge >= 0.3 is 5.97 Å². The number of carbonyl (C=O) groups excluding carboxylic acids is 3. The second-order valence-corrected chi connectivity index (χ2v) is 8.58. The fourth-order valence-corrected chi connectivity index (χ4v) is 4.37. The Morgan fingerprint density at radius 3 is 2.62 bits per heavy atom. The molecule has 2 aromatic carbocycles. The minimum absolute atomic E-state index is 0.0394. The molecule has 1 N–H and O–H groups in total. The molecule has 2 unspecified atom stereocenters. The number of nitrogens with zero attached hydrogens (tertiary/aromatic N) is 1. The van der Waals surface area contributed by atoms with E-state index in [0.717, 1.165) is 28.7 Å². The van der Waals surface area contributed by atoms with Crippen LogP contribution in [0.1, 0.15) is 54.9 Å². The largest absolute Gasteiger partial charge is 0.484 e. The van der Waals surface area contributed by atoms with Crippen LogP contribution in [0.15, 0.2) is 36.4 Å². The minimum Gasteiger partial charge on any atom is -0.484 e. The first-order valence-corrected chi connectivity index (χ1v) is 11.0. The molecule has 2 atom stereocenters. The van der Waals surface area contributed by atoms with Gasteiger partial charge in [0.2, 0.25) is 6.23 Å². The van der Waals surface area contributed by atoms with Crippen LogP contribution < -0.4 is 10.1 Å². The Balaban J connectivity index is 1.62. The minimum atomic E-state index is -0.702. The first-order valence-electron chi connectivity index (χ1n) is 11.0. The fraction of sp³-hybridized carbons (Fsp3) is 0.400. The van der Waals surface area contributed by atoms with Crippen LogP contribution in [-0.2, 0) is 14.3 Å². The number of rotatable bonds is 7. The maximum Gasteiger partial charge on any atom is 0.331 e. The summed E-state index contributed by atoms with van der Waals surface area (Å²) in [5.74, 6) is -0.107. The maximum absolute atomic E-state index is 13.1. The SMILES string of the molecule is CCCNC(=O)COc1ccc(-c2cccc3c2C2OC(=O)C(C(C)C)N2C3=O)cc1C. The molecular weight excluding hydrogens is 408 g/mol. The second kappa shape index (κ2) is 8.65. The van der Waals surface area contributed by atoms with Gasteiger partial charge in [-0.15, -0.1) is 0 Å². The first kappa shape index (κ1) is 21.9. The van der Waals surface area contributed by atoms with Gasteiger partial charge in [0.05, 0.1) is 0 Å². The molecule has 168 valence electrons. The third kappa shape index (κ3) is 3.72. The lowest BCUT2D eigenvalue weighted by Gasteiger charge is -2.22. The van der Waals surface area contributed by atoms with E-state index in [1.54, 1.807) is 11.0 Å². The van der Waals surface area contributed by atoms with Crippen LogP contribution in [0.2, 0.25) is 0 Å². The van der Waals surface area contributed by atoms with Gasteiger partial charge < -0.3 is 14.8 Å². The van der Waals surface area contributed by atoms with E-state index in [-0.39, 0.29) is 30.3 Å². The van der Waals surface area contributed by atoms with Crippen molar-refractivity contribution in [1.29, 1.82) is 0 Å². The molecule has 2 aliphatic rings. The standard InChI is InChI=1S/C25H28N2O5/c1-5-11-26-20(28)13-31-19-10-9-16(12-15(19)4)17-7-6-8-18-21(17)24-27(23(18)29)22(14(2)3)25(30)32-24/h6-10,12,14,22,24H,5,11,13H2,1-4H3,(H,26,28). The average Bonchev–Trinajstić information content (AvgIpc) is 3.24. The molecule has 1 saturated heterocycles. The molecule has 0 bridgehead atoms. The lowest BCUT2D eigenvalue weighted by molar-refractivity contribution is -0.143. The zero-order chi connectivity index (χ0) is 23.0. The summed E-state index contributed by atoms with van der Waals surface area (Å²) in [7, 11) is 0. The van der Waals surface area contributed by atoms with Crippen LogP contribution in [-0.4, -0.2) is 41.9 Å². The molecule has 1 fully saturated rings. The van der Waals surface area contributed by atoms with Gasteiger partial charge in [-0.05, 0) is 54.2 Å². The van der Waals surface area contributed by atoms with Gasteiger partial charge in [-0.3, -0.25) is 14.5 Å². The highest BCUT2D eigenvalue weighted by Crippen LogP contribution is 2.46. The molecule has 0 saturated carbocycles. The van der Waals surface area contributed by atoms with Crippen molar-refractivity contribution >= 4 is 17.8 Å². The van der Waals surface area contributed by atoms with E-state index in [2.05, 4.69) is 5.32 Å². The van der Waals surface area contributed by atoms with Crippen molar-refractivity contribution in [3.8, 4) is 16.9 Å². The Hall–Kier alpha value is -3.35. The number of aryl methyl sites for hydroxylation is 1. The van der Waals surface area contributed by atoms with E-state index in [9.17, 15) is 14.4 Å². The van der Waals surface area contributed by atoms with Gasteiger partial charge in [0.1, 0.15) is 11.8 Å². The quantitative estimate of drug-likeness (QED) is 0.671. The fourth-order valence-electron chi connectivity index (χ4n) is 4.37. The summed E-state index contributed by atoms with van der Waals surface area (Å²) >= 11 is 0. The molecule has 0 radical (unpaired) electrons. The van der Waals surface area contributed by atoms with Crippen LogP contribution in [0.5, 0.6) is 5.75 Å². The predicted octanol–water partition coefficient (Wildman–Crippen LogP) is 3.60. The molecule has 2 aliphatic heterocycles. The van der Waals surface area contributed by atoms with Crippen LogP contribution in [0.4, 0.5) is 0 Å². The molecule has 2 heterocycles. The lowest BCUT2D eigenvalue weighted by Crippen LogP contribution is -2.39. The van der Waals surface area contributed by atoms with Gasteiger partial charge in [-0.2, -0.15) is 0 Å². The molecular formula is C25H28N2O5. The van der Waals surface area contributed by atoms with Crippen molar-refractivity contribution in [1.82, 2.24) is 10.2 Å². The third-order valence-electron chi connectivity index (χ3n) is 5.89. The van der Waals surface area contributed by atoms with Crippen molar-refractivity contribution in [3.05, 3.63) is 53.1 Å². The Kier molecular flexibility index (Phi) is 5.91. The van der Waals surface area contributed by atoms with E-state index in [0.29, 0.717) is 17.9 Å². The maximum atomic E-state index is 13.1. The Morgan fingerprint density at radius 2 is 1.94 bits per heavy atom. The van der Waals surface area contributed by atoms with Crippen molar-refractivity contribution in [3.63, 3.8) is 0 Å².